The van der Waals surface area contributed by atoms with Crippen LogP contribution in [0.2, 0.25) is 0 Å². The monoisotopic (exact) mass is 486 g/mol. The van der Waals surface area contributed by atoms with Gasteiger partial charge in [0.25, 0.3) is 0 Å². The van der Waals surface area contributed by atoms with Gasteiger partial charge >= 0.3 is 0 Å². The highest BCUT2D eigenvalue weighted by Gasteiger charge is 2.18. The van der Waals surface area contributed by atoms with Crippen molar-refractivity contribution in [3.05, 3.63) is 78.1 Å². The molecule has 4 aromatic rings. The summed E-state index contributed by atoms with van der Waals surface area (Å²) in [6, 6.07) is 19.5. The van der Waals surface area contributed by atoms with Crippen LogP contribution in [0.4, 0.5) is 5.69 Å². The summed E-state index contributed by atoms with van der Waals surface area (Å²) in [6.07, 6.45) is 3.44. The van der Waals surface area contributed by atoms with E-state index in [0.29, 0.717) is 22.4 Å². The maximum absolute atomic E-state index is 12.8. The van der Waals surface area contributed by atoms with E-state index in [9.17, 15) is 4.79 Å². The third kappa shape index (κ3) is 5.47. The van der Waals surface area contributed by atoms with E-state index in [4.69, 9.17) is 5.26 Å². The van der Waals surface area contributed by atoms with Gasteiger partial charge in [0.1, 0.15) is 0 Å². The van der Waals surface area contributed by atoms with Crippen molar-refractivity contribution >= 4 is 35.1 Å². The Hall–Kier alpha value is -3.61. The van der Waals surface area contributed by atoms with E-state index in [-0.39, 0.29) is 11.7 Å². The topological polar surface area (TPSA) is 96.5 Å². The number of benzene rings is 2. The van der Waals surface area contributed by atoms with Crippen LogP contribution >= 0.6 is 23.5 Å². The van der Waals surface area contributed by atoms with E-state index in [1.165, 1.54) is 29.1 Å². The number of hydrogen-bond donors (Lipinski definition) is 1. The fourth-order valence-corrected chi connectivity index (χ4v) is 4.69. The molecular weight excluding hydrogens is 464 g/mol. The second kappa shape index (κ2) is 11.0. The zero-order chi connectivity index (χ0) is 23.9. The van der Waals surface area contributed by atoms with E-state index in [2.05, 4.69) is 52.5 Å². The Morgan fingerprint density at radius 1 is 1.03 bits per heavy atom. The number of hydrogen-bond acceptors (Lipinski definition) is 7. The number of para-hydroxylation sites is 1. The fourth-order valence-electron chi connectivity index (χ4n) is 3.27. The van der Waals surface area contributed by atoms with Crippen LogP contribution in [-0.4, -0.2) is 37.2 Å². The van der Waals surface area contributed by atoms with Crippen molar-refractivity contribution in [1.29, 1.82) is 5.26 Å². The molecule has 0 radical (unpaired) electrons. The maximum Gasteiger partial charge on any atom is 0.234 e. The highest BCUT2D eigenvalue weighted by Crippen LogP contribution is 2.30. The maximum atomic E-state index is 12.8. The molecule has 0 aliphatic carbocycles. The van der Waals surface area contributed by atoms with Gasteiger partial charge in [-0.05, 0) is 61.4 Å². The number of amides is 1. The van der Waals surface area contributed by atoms with Crippen molar-refractivity contribution in [2.75, 3.05) is 16.8 Å². The molecule has 1 amide bonds. The molecule has 0 fully saturated rings. The number of pyridine rings is 1. The Morgan fingerprint density at radius 2 is 1.82 bits per heavy atom. The Labute approximate surface area is 206 Å². The summed E-state index contributed by atoms with van der Waals surface area (Å²) < 4.78 is 1.97. The molecular formula is C25H22N6OS2. The number of nitriles is 1. The van der Waals surface area contributed by atoms with Gasteiger partial charge in [0, 0.05) is 22.9 Å². The van der Waals surface area contributed by atoms with Gasteiger partial charge < -0.3 is 5.32 Å². The largest absolute Gasteiger partial charge is 0.324 e. The Bertz CT molecular complexity index is 1350. The Morgan fingerprint density at radius 3 is 2.59 bits per heavy atom. The highest BCUT2D eigenvalue weighted by molar-refractivity contribution is 8.00. The second-order valence-electron chi connectivity index (χ2n) is 7.43. The number of aryl methyl sites for hydroxylation is 2. The quantitative estimate of drug-likeness (QED) is 0.338. The average Bonchev–Trinajstić information content (AvgIpc) is 3.28. The van der Waals surface area contributed by atoms with E-state index in [0.717, 1.165) is 21.7 Å². The third-order valence-corrected chi connectivity index (χ3v) is 6.98. The predicted octanol–water partition coefficient (Wildman–Crippen LogP) is 5.29. The molecule has 170 valence electrons. The SMILES string of the molecule is Cc1ccc(-n2c(SCC(=O)Nc3ccccc3SCC#N)nnc2-c2ccncc2)cc1C. The van der Waals surface area contributed by atoms with Crippen LogP contribution in [0.25, 0.3) is 17.1 Å². The molecule has 0 unspecified atom stereocenters. The number of carbonyl (C=O) groups is 1. The first-order chi connectivity index (χ1) is 16.6. The Kier molecular flexibility index (Phi) is 7.62. The molecule has 2 heterocycles. The van der Waals surface area contributed by atoms with Crippen LogP contribution < -0.4 is 5.32 Å². The zero-order valence-corrected chi connectivity index (χ0v) is 20.4. The molecule has 0 atom stereocenters. The number of carbonyl (C=O) groups excluding carboxylic acids is 1. The Balaban J connectivity index is 1.58. The first-order valence-electron chi connectivity index (χ1n) is 10.5. The van der Waals surface area contributed by atoms with Crippen molar-refractivity contribution in [2.24, 2.45) is 0 Å². The normalized spacial score (nSPS) is 10.6. The predicted molar refractivity (Wildman–Crippen MR) is 136 cm³/mol. The van der Waals surface area contributed by atoms with Crippen LogP contribution in [0.5, 0.6) is 0 Å². The van der Waals surface area contributed by atoms with Crippen molar-refractivity contribution in [3.63, 3.8) is 0 Å². The van der Waals surface area contributed by atoms with E-state index >= 15 is 0 Å². The van der Waals surface area contributed by atoms with Gasteiger partial charge in [-0.25, -0.2) is 0 Å². The summed E-state index contributed by atoms with van der Waals surface area (Å²) in [4.78, 5) is 17.7. The van der Waals surface area contributed by atoms with Gasteiger partial charge in [-0.3, -0.25) is 14.3 Å². The number of anilines is 1. The standard InChI is InChI=1S/C25H22N6OS2/c1-17-7-8-20(15-18(17)2)31-24(19-9-12-27-13-10-19)29-30-25(31)34-16-23(32)28-21-5-3-4-6-22(21)33-14-11-26/h3-10,12-13,15H,14,16H2,1-2H3,(H,28,32). The molecule has 0 aliphatic heterocycles. The summed E-state index contributed by atoms with van der Waals surface area (Å²) in [5.41, 5.74) is 4.87. The van der Waals surface area contributed by atoms with Crippen molar-refractivity contribution in [2.45, 2.75) is 23.9 Å². The van der Waals surface area contributed by atoms with E-state index < -0.39 is 0 Å². The minimum absolute atomic E-state index is 0.157. The van der Waals surface area contributed by atoms with Crippen LogP contribution in [0.15, 0.2) is 77.0 Å². The summed E-state index contributed by atoms with van der Waals surface area (Å²) in [7, 11) is 0. The van der Waals surface area contributed by atoms with Crippen LogP contribution in [0.3, 0.4) is 0 Å². The average molecular weight is 487 g/mol. The van der Waals surface area contributed by atoms with E-state index in [1.807, 2.05) is 47.0 Å². The second-order valence-corrected chi connectivity index (χ2v) is 9.39. The molecule has 2 aromatic heterocycles. The molecule has 1 N–H and O–H groups in total. The molecule has 0 saturated heterocycles. The van der Waals surface area contributed by atoms with Crippen molar-refractivity contribution in [1.82, 2.24) is 19.7 Å². The number of nitrogens with one attached hydrogen (secondary N) is 1. The summed E-state index contributed by atoms with van der Waals surface area (Å²) in [5.74, 6) is 1.01. The molecule has 4 rings (SSSR count). The molecule has 0 bridgehead atoms. The van der Waals surface area contributed by atoms with Crippen molar-refractivity contribution < 1.29 is 4.79 Å². The number of thioether (sulfide) groups is 2. The molecule has 0 aliphatic rings. The summed E-state index contributed by atoms with van der Waals surface area (Å²) >= 11 is 2.71. The van der Waals surface area contributed by atoms with Crippen LogP contribution in [0, 0.1) is 25.2 Å². The fraction of sp³-hybridized carbons (Fsp3) is 0.160. The summed E-state index contributed by atoms with van der Waals surface area (Å²) in [6.45, 7) is 4.14. The molecule has 7 nitrogen and oxygen atoms in total. The third-order valence-electron chi connectivity index (χ3n) is 5.11. The number of rotatable bonds is 8. The minimum Gasteiger partial charge on any atom is -0.324 e. The first kappa shape index (κ1) is 23.5. The van der Waals surface area contributed by atoms with Crippen LogP contribution in [0.1, 0.15) is 11.1 Å². The number of nitrogens with zero attached hydrogens (tertiary/aromatic N) is 5. The smallest absolute Gasteiger partial charge is 0.234 e. The lowest BCUT2D eigenvalue weighted by Crippen LogP contribution is -2.15. The first-order valence-corrected chi connectivity index (χ1v) is 12.5. The van der Waals surface area contributed by atoms with E-state index in [1.54, 1.807) is 12.4 Å². The lowest BCUT2D eigenvalue weighted by Gasteiger charge is -2.13. The summed E-state index contributed by atoms with van der Waals surface area (Å²) in [5, 5.41) is 21.3. The van der Waals surface area contributed by atoms with Gasteiger partial charge in [0.15, 0.2) is 11.0 Å². The van der Waals surface area contributed by atoms with Gasteiger partial charge in [-0.2, -0.15) is 5.26 Å². The van der Waals surface area contributed by atoms with Gasteiger partial charge in [0.05, 0.1) is 28.9 Å². The lowest BCUT2D eigenvalue weighted by molar-refractivity contribution is -0.113. The minimum atomic E-state index is -0.157. The van der Waals surface area contributed by atoms with Gasteiger partial charge in [-0.15, -0.1) is 22.0 Å². The zero-order valence-electron chi connectivity index (χ0n) is 18.7. The molecule has 0 saturated carbocycles. The number of aromatic nitrogens is 4. The highest BCUT2D eigenvalue weighted by atomic mass is 32.2. The lowest BCUT2D eigenvalue weighted by atomic mass is 10.1. The van der Waals surface area contributed by atoms with Crippen molar-refractivity contribution in [3.8, 4) is 23.1 Å². The molecule has 2 aromatic carbocycles. The van der Waals surface area contributed by atoms with Gasteiger partial charge in [-0.1, -0.05) is 30.0 Å². The van der Waals surface area contributed by atoms with Crippen LogP contribution in [-0.2, 0) is 4.79 Å². The molecule has 34 heavy (non-hydrogen) atoms. The molecule has 9 heteroatoms. The molecule has 0 spiro atoms. The van der Waals surface area contributed by atoms with Gasteiger partial charge in [0.2, 0.25) is 5.91 Å².